The van der Waals surface area contributed by atoms with Crippen molar-refractivity contribution in [1.82, 2.24) is 0 Å². The van der Waals surface area contributed by atoms with E-state index in [4.69, 9.17) is 5.11 Å². The molecule has 9 heavy (non-hydrogen) atoms. The van der Waals surface area contributed by atoms with Gasteiger partial charge < -0.3 is 15.0 Å². The van der Waals surface area contributed by atoms with Crippen molar-refractivity contribution >= 4 is 11.9 Å². The molecule has 0 aliphatic heterocycles. The molecule has 0 spiro atoms. The van der Waals surface area contributed by atoms with Gasteiger partial charge in [0.05, 0.1) is 6.42 Å². The second kappa shape index (κ2) is 6.86. The SMILES string of the molecule is O=C([O-])CCC(=O)O.[Rb+]. The van der Waals surface area contributed by atoms with Crippen molar-refractivity contribution in [2.45, 2.75) is 12.8 Å². The number of rotatable bonds is 3. The molecule has 0 saturated carbocycles. The smallest absolute Gasteiger partial charge is 0.550 e. The van der Waals surface area contributed by atoms with Gasteiger partial charge in [-0.1, -0.05) is 0 Å². The Bertz CT molecular complexity index is 97.1. The Kier molecular flexibility index (Phi) is 9.47. The minimum Gasteiger partial charge on any atom is -0.550 e. The van der Waals surface area contributed by atoms with E-state index in [0.717, 1.165) is 0 Å². The van der Waals surface area contributed by atoms with Crippen LogP contribution in [0.2, 0.25) is 0 Å². The fourth-order valence-corrected chi connectivity index (χ4v) is 0.209. The van der Waals surface area contributed by atoms with Gasteiger partial charge in [0.15, 0.2) is 0 Å². The van der Waals surface area contributed by atoms with Gasteiger partial charge in [-0.2, -0.15) is 0 Å². The monoisotopic (exact) mass is 202 g/mol. The average Bonchev–Trinajstić information content (AvgIpc) is 1.61. The molecule has 0 saturated heterocycles. The van der Waals surface area contributed by atoms with E-state index in [1.54, 1.807) is 0 Å². The summed E-state index contributed by atoms with van der Waals surface area (Å²) >= 11 is 0. The number of hydrogen-bond donors (Lipinski definition) is 1. The van der Waals surface area contributed by atoms with Gasteiger partial charge in [0.25, 0.3) is 0 Å². The molecule has 0 aromatic heterocycles. The largest absolute Gasteiger partial charge is 1.00 e. The van der Waals surface area contributed by atoms with Crippen molar-refractivity contribution in [2.75, 3.05) is 0 Å². The molecule has 0 atom stereocenters. The Balaban J connectivity index is 0. The third-order valence-corrected chi connectivity index (χ3v) is 0.543. The standard InChI is InChI=1S/C4H6O4.Rb/c5-3(6)1-2-4(7)8;/h1-2H2,(H,5,6)(H,7,8);/q;+1/p-1. The van der Waals surface area contributed by atoms with Gasteiger partial charge in [0, 0.05) is 5.97 Å². The molecule has 4 nitrogen and oxygen atoms in total. The topological polar surface area (TPSA) is 77.4 Å². The maximum Gasteiger partial charge on any atom is 1.00 e. The zero-order valence-electron chi connectivity index (χ0n) is 5.09. The molecule has 0 aromatic rings. The van der Waals surface area contributed by atoms with Crippen LogP contribution in [0, 0.1) is 0 Å². The van der Waals surface area contributed by atoms with Crippen molar-refractivity contribution in [3.8, 4) is 0 Å². The summed E-state index contributed by atoms with van der Waals surface area (Å²) < 4.78 is 0. The van der Waals surface area contributed by atoms with E-state index >= 15 is 0 Å². The molecule has 0 rings (SSSR count). The summed E-state index contributed by atoms with van der Waals surface area (Å²) in [5.41, 5.74) is 0. The third kappa shape index (κ3) is 12.1. The number of carboxylic acids is 2. The molecule has 5 heteroatoms. The molecule has 46 valence electrons. The van der Waals surface area contributed by atoms with Crippen LogP contribution < -0.4 is 63.3 Å². The van der Waals surface area contributed by atoms with Crippen LogP contribution in [0.25, 0.3) is 0 Å². The van der Waals surface area contributed by atoms with Gasteiger partial charge in [0.2, 0.25) is 0 Å². The minimum atomic E-state index is -1.33. The summed E-state index contributed by atoms with van der Waals surface area (Å²) in [6.45, 7) is 0. The molecule has 1 N–H and O–H groups in total. The predicted molar refractivity (Wildman–Crippen MR) is 21.9 cm³/mol. The molecule has 0 heterocycles. The molecular weight excluding hydrogens is 198 g/mol. The molecule has 0 aromatic carbocycles. The summed E-state index contributed by atoms with van der Waals surface area (Å²) in [5.74, 6) is -2.44. The van der Waals surface area contributed by atoms with Crippen LogP contribution in [0.1, 0.15) is 12.8 Å². The van der Waals surface area contributed by atoms with E-state index in [1.807, 2.05) is 0 Å². The molecule has 0 amide bonds. The summed E-state index contributed by atoms with van der Waals surface area (Å²) in [7, 11) is 0. The molecule has 0 fully saturated rings. The van der Waals surface area contributed by atoms with Crippen molar-refractivity contribution in [2.24, 2.45) is 0 Å². The van der Waals surface area contributed by atoms with Crippen LogP contribution >= 0.6 is 0 Å². The summed E-state index contributed by atoms with van der Waals surface area (Å²) in [6.07, 6.45) is -0.766. The number of aliphatic carboxylic acids is 2. The van der Waals surface area contributed by atoms with Gasteiger partial charge in [-0.3, -0.25) is 4.79 Å². The fraction of sp³-hybridized carbons (Fsp3) is 0.500. The Morgan fingerprint density at radius 2 is 1.78 bits per heavy atom. The number of carbonyl (C=O) groups excluding carboxylic acids is 1. The predicted octanol–water partition coefficient (Wildman–Crippen LogP) is -4.39. The van der Waals surface area contributed by atoms with E-state index in [-0.39, 0.29) is 64.6 Å². The van der Waals surface area contributed by atoms with Crippen molar-refractivity contribution < 1.29 is 78.0 Å². The molecule has 0 aliphatic rings. The molecule has 0 aliphatic carbocycles. The zero-order valence-corrected chi connectivity index (χ0v) is 10.0. The van der Waals surface area contributed by atoms with Crippen LogP contribution in [0.5, 0.6) is 0 Å². The molecule has 0 unspecified atom stereocenters. The third-order valence-electron chi connectivity index (χ3n) is 0.543. The van der Waals surface area contributed by atoms with Crippen LogP contribution in [-0.4, -0.2) is 17.0 Å². The first-order valence-corrected chi connectivity index (χ1v) is 2.04. The summed E-state index contributed by atoms with van der Waals surface area (Å²) in [6, 6.07) is 0. The molecular formula is C4H5O4Rb. The van der Waals surface area contributed by atoms with Crippen LogP contribution in [0.3, 0.4) is 0 Å². The van der Waals surface area contributed by atoms with E-state index in [0.29, 0.717) is 0 Å². The van der Waals surface area contributed by atoms with Gasteiger partial charge in [-0.05, 0) is 6.42 Å². The van der Waals surface area contributed by atoms with E-state index < -0.39 is 18.4 Å². The van der Waals surface area contributed by atoms with Crippen LogP contribution in [-0.2, 0) is 9.59 Å². The van der Waals surface area contributed by atoms with Crippen molar-refractivity contribution in [3.63, 3.8) is 0 Å². The van der Waals surface area contributed by atoms with Gasteiger partial charge >= 0.3 is 64.2 Å². The van der Waals surface area contributed by atoms with E-state index in [9.17, 15) is 14.7 Å². The van der Waals surface area contributed by atoms with Crippen molar-refractivity contribution in [3.05, 3.63) is 0 Å². The Labute approximate surface area is 101 Å². The van der Waals surface area contributed by atoms with Crippen molar-refractivity contribution in [1.29, 1.82) is 0 Å². The Morgan fingerprint density at radius 1 is 1.33 bits per heavy atom. The van der Waals surface area contributed by atoms with E-state index in [1.165, 1.54) is 0 Å². The zero-order chi connectivity index (χ0) is 6.57. The number of carboxylic acid groups (broad SMARTS) is 2. The fourth-order valence-electron chi connectivity index (χ4n) is 0.209. The first-order valence-electron chi connectivity index (χ1n) is 2.04. The van der Waals surface area contributed by atoms with Gasteiger partial charge in [-0.15, -0.1) is 0 Å². The Morgan fingerprint density at radius 3 is 1.89 bits per heavy atom. The summed E-state index contributed by atoms with van der Waals surface area (Å²) in [4.78, 5) is 19.1. The second-order valence-corrected chi connectivity index (χ2v) is 1.27. The molecule has 0 bridgehead atoms. The normalized spacial score (nSPS) is 7.56. The quantitative estimate of drug-likeness (QED) is 0.502. The maximum absolute atomic E-state index is 9.61. The second-order valence-electron chi connectivity index (χ2n) is 1.27. The Hall–Kier alpha value is 0.745. The van der Waals surface area contributed by atoms with E-state index in [2.05, 4.69) is 0 Å². The number of carbonyl (C=O) groups is 2. The summed E-state index contributed by atoms with van der Waals surface area (Å²) in [5, 5.41) is 17.4. The van der Waals surface area contributed by atoms with Crippen LogP contribution in [0.4, 0.5) is 0 Å². The maximum atomic E-state index is 9.61. The molecule has 0 radical (unpaired) electrons. The first kappa shape index (κ1) is 12.4. The average molecular weight is 203 g/mol. The number of hydrogen-bond acceptors (Lipinski definition) is 3. The van der Waals surface area contributed by atoms with Gasteiger partial charge in [-0.25, -0.2) is 0 Å². The first-order chi connectivity index (χ1) is 3.63. The minimum absolute atomic E-state index is 0. The van der Waals surface area contributed by atoms with Gasteiger partial charge in [0.1, 0.15) is 0 Å². The van der Waals surface area contributed by atoms with Crippen LogP contribution in [0.15, 0.2) is 0 Å².